The molecule has 0 bridgehead atoms. The van der Waals surface area contributed by atoms with Gasteiger partial charge in [-0.1, -0.05) is 22.8 Å². The van der Waals surface area contributed by atoms with Crippen LogP contribution in [0.4, 0.5) is 4.39 Å². The summed E-state index contributed by atoms with van der Waals surface area (Å²) in [7, 11) is 0. The van der Waals surface area contributed by atoms with Crippen molar-refractivity contribution in [1.29, 1.82) is 0 Å². The standard InChI is InChI=1S/C16H17ClFN3O2.ClH/c1-9-13(16(22)21-6-5-10(7-19)8-21)15(20-23-9)14-11(17)3-2-4-12(14)18;/h2-4,10H,5-8,19H2,1H3;1H. The van der Waals surface area contributed by atoms with Gasteiger partial charge in [-0.05, 0) is 37.9 Å². The van der Waals surface area contributed by atoms with Crippen LogP contribution in [0, 0.1) is 18.7 Å². The van der Waals surface area contributed by atoms with Gasteiger partial charge in [-0.25, -0.2) is 4.39 Å². The molecule has 1 fully saturated rings. The maximum Gasteiger partial charge on any atom is 0.259 e. The van der Waals surface area contributed by atoms with Gasteiger partial charge in [-0.15, -0.1) is 12.4 Å². The molecule has 1 atom stereocenters. The zero-order valence-corrected chi connectivity index (χ0v) is 14.7. The Bertz CT molecular complexity index is 731. The van der Waals surface area contributed by atoms with Gasteiger partial charge in [0, 0.05) is 13.1 Å². The molecule has 1 aromatic heterocycles. The van der Waals surface area contributed by atoms with E-state index in [1.807, 2.05) is 0 Å². The molecule has 0 aliphatic carbocycles. The predicted molar refractivity (Wildman–Crippen MR) is 92.0 cm³/mol. The molecule has 1 aromatic carbocycles. The Hall–Kier alpha value is -1.63. The van der Waals surface area contributed by atoms with E-state index in [0.29, 0.717) is 31.3 Å². The SMILES string of the molecule is Cc1onc(-c2c(F)cccc2Cl)c1C(=O)N1CCC(CN)C1.Cl. The minimum absolute atomic E-state index is 0. The molecule has 0 saturated carbocycles. The third kappa shape index (κ3) is 3.27. The molecule has 2 N–H and O–H groups in total. The van der Waals surface area contributed by atoms with Gasteiger partial charge in [-0.3, -0.25) is 4.79 Å². The average Bonchev–Trinajstić information content (AvgIpc) is 3.14. The monoisotopic (exact) mass is 373 g/mol. The first-order chi connectivity index (χ1) is 11.0. The molecule has 1 aliphatic heterocycles. The van der Waals surface area contributed by atoms with Crippen LogP contribution in [-0.4, -0.2) is 35.6 Å². The molecule has 1 aliphatic rings. The van der Waals surface area contributed by atoms with E-state index in [4.69, 9.17) is 21.9 Å². The summed E-state index contributed by atoms with van der Waals surface area (Å²) >= 11 is 6.09. The lowest BCUT2D eigenvalue weighted by Crippen LogP contribution is -2.30. The number of halogens is 3. The van der Waals surface area contributed by atoms with E-state index < -0.39 is 5.82 Å². The first-order valence-electron chi connectivity index (χ1n) is 7.43. The summed E-state index contributed by atoms with van der Waals surface area (Å²) in [5.74, 6) is -0.129. The number of aromatic nitrogens is 1. The minimum atomic E-state index is -0.541. The second-order valence-corrected chi connectivity index (χ2v) is 6.11. The Labute approximate surface area is 150 Å². The van der Waals surface area contributed by atoms with Gasteiger partial charge < -0.3 is 15.2 Å². The number of likely N-dealkylation sites (tertiary alicyclic amines) is 1. The number of carbonyl (C=O) groups is 1. The second-order valence-electron chi connectivity index (χ2n) is 5.70. The van der Waals surface area contributed by atoms with Gasteiger partial charge in [0.05, 0.1) is 10.6 Å². The number of amides is 1. The van der Waals surface area contributed by atoms with E-state index in [1.165, 1.54) is 12.1 Å². The van der Waals surface area contributed by atoms with E-state index in [9.17, 15) is 9.18 Å². The van der Waals surface area contributed by atoms with Crippen LogP contribution in [-0.2, 0) is 0 Å². The summed E-state index contributed by atoms with van der Waals surface area (Å²) in [5, 5.41) is 4.06. The fraction of sp³-hybridized carbons (Fsp3) is 0.375. The van der Waals surface area contributed by atoms with Gasteiger partial charge in [-0.2, -0.15) is 0 Å². The van der Waals surface area contributed by atoms with E-state index in [0.717, 1.165) is 6.42 Å². The highest BCUT2D eigenvalue weighted by Gasteiger charge is 2.32. The third-order valence-corrected chi connectivity index (χ3v) is 4.50. The second kappa shape index (κ2) is 7.51. The van der Waals surface area contributed by atoms with Gasteiger partial charge in [0.1, 0.15) is 22.8 Å². The van der Waals surface area contributed by atoms with Crippen molar-refractivity contribution in [2.24, 2.45) is 11.7 Å². The Morgan fingerprint density at radius 3 is 2.92 bits per heavy atom. The van der Waals surface area contributed by atoms with Crippen molar-refractivity contribution >= 4 is 29.9 Å². The lowest BCUT2D eigenvalue weighted by molar-refractivity contribution is 0.0786. The normalized spacial score (nSPS) is 17.0. The average molecular weight is 374 g/mol. The van der Waals surface area contributed by atoms with Crippen LogP contribution in [0.1, 0.15) is 22.5 Å². The van der Waals surface area contributed by atoms with Crippen molar-refractivity contribution in [2.45, 2.75) is 13.3 Å². The van der Waals surface area contributed by atoms with Crippen molar-refractivity contribution in [1.82, 2.24) is 10.1 Å². The molecule has 1 saturated heterocycles. The predicted octanol–water partition coefficient (Wildman–Crippen LogP) is 3.29. The molecule has 2 heterocycles. The van der Waals surface area contributed by atoms with Crippen molar-refractivity contribution in [3.8, 4) is 11.3 Å². The summed E-state index contributed by atoms with van der Waals surface area (Å²) in [6.45, 7) is 3.38. The first-order valence-corrected chi connectivity index (χ1v) is 7.80. The van der Waals surface area contributed by atoms with E-state index in [2.05, 4.69) is 5.16 Å². The summed E-state index contributed by atoms with van der Waals surface area (Å²) in [5.41, 5.74) is 6.16. The largest absolute Gasteiger partial charge is 0.360 e. The number of hydrogen-bond acceptors (Lipinski definition) is 4. The highest BCUT2D eigenvalue weighted by molar-refractivity contribution is 6.33. The number of rotatable bonds is 3. The Morgan fingerprint density at radius 1 is 1.54 bits per heavy atom. The molecular formula is C16H18Cl2FN3O2. The molecule has 0 radical (unpaired) electrons. The van der Waals surface area contributed by atoms with Crippen LogP contribution in [0.5, 0.6) is 0 Å². The topological polar surface area (TPSA) is 72.4 Å². The lowest BCUT2D eigenvalue weighted by Gasteiger charge is -2.16. The smallest absolute Gasteiger partial charge is 0.259 e. The summed E-state index contributed by atoms with van der Waals surface area (Å²) in [4.78, 5) is 14.5. The number of aryl methyl sites for hydroxylation is 1. The Kier molecular flexibility index (Phi) is 5.85. The molecule has 2 aromatic rings. The van der Waals surface area contributed by atoms with Crippen LogP contribution in [0.25, 0.3) is 11.3 Å². The first kappa shape index (κ1) is 18.7. The van der Waals surface area contributed by atoms with E-state index in [-0.39, 0.29) is 40.2 Å². The molecule has 24 heavy (non-hydrogen) atoms. The maximum atomic E-state index is 14.2. The van der Waals surface area contributed by atoms with Crippen molar-refractivity contribution in [3.63, 3.8) is 0 Å². The van der Waals surface area contributed by atoms with Crippen molar-refractivity contribution in [3.05, 3.63) is 40.4 Å². The summed E-state index contributed by atoms with van der Waals surface area (Å²) in [6, 6.07) is 4.33. The van der Waals surface area contributed by atoms with Gasteiger partial charge in [0.25, 0.3) is 5.91 Å². The molecule has 1 amide bonds. The van der Waals surface area contributed by atoms with Crippen LogP contribution < -0.4 is 5.73 Å². The van der Waals surface area contributed by atoms with Gasteiger partial charge >= 0.3 is 0 Å². The van der Waals surface area contributed by atoms with Crippen LogP contribution >= 0.6 is 24.0 Å². The number of hydrogen-bond donors (Lipinski definition) is 1. The molecule has 130 valence electrons. The molecule has 5 nitrogen and oxygen atoms in total. The molecule has 3 rings (SSSR count). The molecule has 8 heteroatoms. The molecule has 0 spiro atoms. The minimum Gasteiger partial charge on any atom is -0.360 e. The lowest BCUT2D eigenvalue weighted by atomic mass is 10.0. The zero-order valence-electron chi connectivity index (χ0n) is 13.1. The number of carbonyl (C=O) groups excluding carboxylic acids is 1. The maximum absolute atomic E-state index is 14.2. The van der Waals surface area contributed by atoms with Gasteiger partial charge in [0.2, 0.25) is 0 Å². The van der Waals surface area contributed by atoms with E-state index in [1.54, 1.807) is 17.9 Å². The third-order valence-electron chi connectivity index (χ3n) is 4.18. The van der Waals surface area contributed by atoms with Crippen LogP contribution in [0.15, 0.2) is 22.7 Å². The highest BCUT2D eigenvalue weighted by atomic mass is 35.5. The van der Waals surface area contributed by atoms with E-state index >= 15 is 0 Å². The van der Waals surface area contributed by atoms with Crippen molar-refractivity contribution in [2.75, 3.05) is 19.6 Å². The number of benzene rings is 1. The zero-order chi connectivity index (χ0) is 16.6. The van der Waals surface area contributed by atoms with Crippen molar-refractivity contribution < 1.29 is 13.7 Å². The van der Waals surface area contributed by atoms with Gasteiger partial charge in [0.15, 0.2) is 0 Å². The van der Waals surface area contributed by atoms with Crippen LogP contribution in [0.2, 0.25) is 5.02 Å². The summed E-state index contributed by atoms with van der Waals surface area (Å²) < 4.78 is 19.3. The van der Waals surface area contributed by atoms with Crippen LogP contribution in [0.3, 0.4) is 0 Å². The molecule has 1 unspecified atom stereocenters. The fourth-order valence-corrected chi connectivity index (χ4v) is 3.14. The fourth-order valence-electron chi connectivity index (χ4n) is 2.89. The summed E-state index contributed by atoms with van der Waals surface area (Å²) in [6.07, 6.45) is 0.863. The quantitative estimate of drug-likeness (QED) is 0.895. The number of nitrogens with two attached hydrogens (primary N) is 1. The highest BCUT2D eigenvalue weighted by Crippen LogP contribution is 2.34. The molecular weight excluding hydrogens is 356 g/mol. The Balaban J connectivity index is 0.00000208. The number of nitrogens with zero attached hydrogens (tertiary/aromatic N) is 2. The Morgan fingerprint density at radius 2 is 2.29 bits per heavy atom.